The SMILES string of the molecule is CCc1cc(=O)oc2cc(OCC(=O)N3CCC(n4nc(C)cc4C)C3)ccc12. The standard InChI is InChI=1S/C22H25N3O4/c1-4-16-10-22(27)29-20-11-18(5-6-19(16)20)28-13-21(26)24-8-7-17(12-24)25-15(3)9-14(2)23-25/h5-6,9-11,17H,4,7-8,12-13H2,1-3H3. The molecule has 1 aliphatic rings. The van der Waals surface area contributed by atoms with Crippen molar-refractivity contribution in [3.05, 3.63) is 57.7 Å². The van der Waals surface area contributed by atoms with Gasteiger partial charge in [0.05, 0.1) is 11.7 Å². The van der Waals surface area contributed by atoms with E-state index in [1.165, 1.54) is 6.07 Å². The highest BCUT2D eigenvalue weighted by atomic mass is 16.5. The molecule has 3 aromatic rings. The van der Waals surface area contributed by atoms with Gasteiger partial charge >= 0.3 is 5.63 Å². The Hall–Kier alpha value is -3.09. The van der Waals surface area contributed by atoms with Gasteiger partial charge in [-0.2, -0.15) is 5.10 Å². The van der Waals surface area contributed by atoms with Crippen molar-refractivity contribution in [2.45, 2.75) is 39.7 Å². The van der Waals surface area contributed by atoms with Gasteiger partial charge in [-0.3, -0.25) is 9.48 Å². The summed E-state index contributed by atoms with van der Waals surface area (Å²) in [6, 6.07) is 9.11. The van der Waals surface area contributed by atoms with Crippen LogP contribution in [0, 0.1) is 13.8 Å². The Morgan fingerprint density at radius 3 is 2.83 bits per heavy atom. The van der Waals surface area contributed by atoms with E-state index in [0.29, 0.717) is 24.4 Å². The first-order chi connectivity index (χ1) is 13.9. The number of fused-ring (bicyclic) bond motifs is 1. The summed E-state index contributed by atoms with van der Waals surface area (Å²) in [6.07, 6.45) is 1.63. The maximum Gasteiger partial charge on any atom is 0.336 e. The van der Waals surface area contributed by atoms with Crippen LogP contribution in [0.4, 0.5) is 0 Å². The van der Waals surface area contributed by atoms with Crippen molar-refractivity contribution in [3.63, 3.8) is 0 Å². The van der Waals surface area contributed by atoms with Crippen LogP contribution in [0.25, 0.3) is 11.0 Å². The summed E-state index contributed by atoms with van der Waals surface area (Å²) >= 11 is 0. The molecule has 1 fully saturated rings. The molecular formula is C22H25N3O4. The molecule has 152 valence electrons. The number of amides is 1. The Morgan fingerprint density at radius 1 is 1.28 bits per heavy atom. The number of likely N-dealkylation sites (tertiary alicyclic amines) is 1. The Labute approximate surface area is 168 Å². The smallest absolute Gasteiger partial charge is 0.336 e. The molecule has 29 heavy (non-hydrogen) atoms. The minimum Gasteiger partial charge on any atom is -0.484 e. The predicted molar refractivity (Wildman–Crippen MR) is 109 cm³/mol. The number of hydrogen-bond donors (Lipinski definition) is 0. The van der Waals surface area contributed by atoms with Crippen LogP contribution in [0.1, 0.15) is 36.3 Å². The first kappa shape index (κ1) is 19.2. The Kier molecular flexibility index (Phi) is 5.13. The van der Waals surface area contributed by atoms with E-state index in [1.807, 2.05) is 36.4 Å². The van der Waals surface area contributed by atoms with E-state index >= 15 is 0 Å². The normalized spacial score (nSPS) is 16.5. The first-order valence-corrected chi connectivity index (χ1v) is 9.94. The fourth-order valence-electron chi connectivity index (χ4n) is 4.01. The maximum absolute atomic E-state index is 12.6. The van der Waals surface area contributed by atoms with Crippen LogP contribution in [0.3, 0.4) is 0 Å². The van der Waals surface area contributed by atoms with Gasteiger partial charge in [-0.25, -0.2) is 4.79 Å². The summed E-state index contributed by atoms with van der Waals surface area (Å²) in [5.74, 6) is 0.453. The van der Waals surface area contributed by atoms with Gasteiger partial charge in [-0.15, -0.1) is 0 Å². The van der Waals surface area contributed by atoms with Crippen LogP contribution >= 0.6 is 0 Å². The maximum atomic E-state index is 12.6. The van der Waals surface area contributed by atoms with Gasteiger partial charge in [0.25, 0.3) is 5.91 Å². The van der Waals surface area contributed by atoms with Gasteiger partial charge in [-0.1, -0.05) is 6.92 Å². The van der Waals surface area contributed by atoms with Crippen LogP contribution in [0.15, 0.2) is 39.5 Å². The summed E-state index contributed by atoms with van der Waals surface area (Å²) in [7, 11) is 0. The zero-order valence-corrected chi connectivity index (χ0v) is 17.0. The molecule has 1 unspecified atom stereocenters. The molecule has 0 saturated carbocycles. The highest BCUT2D eigenvalue weighted by Gasteiger charge is 2.28. The number of ether oxygens (including phenoxy) is 1. The molecule has 1 amide bonds. The minimum atomic E-state index is -0.380. The molecule has 0 aliphatic carbocycles. The summed E-state index contributed by atoms with van der Waals surface area (Å²) in [5.41, 5.74) is 3.14. The molecular weight excluding hydrogens is 370 g/mol. The van der Waals surface area contributed by atoms with E-state index in [1.54, 1.807) is 12.1 Å². The van der Waals surface area contributed by atoms with Crippen LogP contribution in [0.2, 0.25) is 0 Å². The third-order valence-corrected chi connectivity index (χ3v) is 5.45. The van der Waals surface area contributed by atoms with E-state index in [9.17, 15) is 9.59 Å². The molecule has 1 saturated heterocycles. The zero-order valence-electron chi connectivity index (χ0n) is 17.0. The number of aryl methyl sites for hydroxylation is 3. The fraction of sp³-hybridized carbons (Fsp3) is 0.409. The van der Waals surface area contributed by atoms with Gasteiger partial charge in [0.1, 0.15) is 11.3 Å². The lowest BCUT2D eigenvalue weighted by Crippen LogP contribution is -2.33. The van der Waals surface area contributed by atoms with Crippen LogP contribution in [0.5, 0.6) is 5.75 Å². The van der Waals surface area contributed by atoms with Crippen molar-refractivity contribution in [1.82, 2.24) is 14.7 Å². The molecule has 1 aliphatic heterocycles. The molecule has 4 rings (SSSR count). The molecule has 3 heterocycles. The van der Waals surface area contributed by atoms with Crippen LogP contribution in [-0.2, 0) is 11.2 Å². The predicted octanol–water partition coefficient (Wildman–Crippen LogP) is 3.02. The molecule has 7 heteroatoms. The average molecular weight is 395 g/mol. The van der Waals surface area contributed by atoms with E-state index in [2.05, 4.69) is 11.2 Å². The minimum absolute atomic E-state index is 0.0486. The van der Waals surface area contributed by atoms with E-state index in [0.717, 1.165) is 35.2 Å². The number of carbonyl (C=O) groups excluding carboxylic acids is 1. The van der Waals surface area contributed by atoms with E-state index in [4.69, 9.17) is 9.15 Å². The van der Waals surface area contributed by atoms with Gasteiger partial charge in [0.15, 0.2) is 6.61 Å². The number of hydrogen-bond acceptors (Lipinski definition) is 5. The van der Waals surface area contributed by atoms with Crippen LogP contribution < -0.4 is 10.4 Å². The number of rotatable bonds is 5. The summed E-state index contributed by atoms with van der Waals surface area (Å²) in [6.45, 7) is 7.29. The quantitative estimate of drug-likeness (QED) is 0.621. The highest BCUT2D eigenvalue weighted by Crippen LogP contribution is 2.25. The van der Waals surface area contributed by atoms with Crippen molar-refractivity contribution in [3.8, 4) is 5.75 Å². The number of aromatic nitrogens is 2. The molecule has 0 N–H and O–H groups in total. The van der Waals surface area contributed by atoms with E-state index < -0.39 is 0 Å². The number of carbonyl (C=O) groups is 1. The van der Waals surface area contributed by atoms with Crippen LogP contribution in [-0.4, -0.2) is 40.3 Å². The molecule has 0 spiro atoms. The zero-order chi connectivity index (χ0) is 20.5. The highest BCUT2D eigenvalue weighted by molar-refractivity contribution is 5.82. The second-order valence-corrected chi connectivity index (χ2v) is 7.54. The lowest BCUT2D eigenvalue weighted by molar-refractivity contribution is -0.132. The first-order valence-electron chi connectivity index (χ1n) is 9.94. The second-order valence-electron chi connectivity index (χ2n) is 7.54. The third-order valence-electron chi connectivity index (χ3n) is 5.45. The monoisotopic (exact) mass is 395 g/mol. The summed E-state index contributed by atoms with van der Waals surface area (Å²) in [4.78, 5) is 26.1. The largest absolute Gasteiger partial charge is 0.484 e. The lowest BCUT2D eigenvalue weighted by atomic mass is 10.1. The van der Waals surface area contributed by atoms with Gasteiger partial charge in [-0.05, 0) is 50.5 Å². The Bertz CT molecular complexity index is 1110. The number of benzene rings is 1. The van der Waals surface area contributed by atoms with Crippen molar-refractivity contribution >= 4 is 16.9 Å². The molecule has 1 atom stereocenters. The van der Waals surface area contributed by atoms with Crippen molar-refractivity contribution in [1.29, 1.82) is 0 Å². The van der Waals surface area contributed by atoms with Gasteiger partial charge in [0.2, 0.25) is 0 Å². The Morgan fingerprint density at radius 2 is 2.10 bits per heavy atom. The second kappa shape index (κ2) is 7.73. The summed E-state index contributed by atoms with van der Waals surface area (Å²) < 4.78 is 13.0. The topological polar surface area (TPSA) is 77.6 Å². The van der Waals surface area contributed by atoms with Gasteiger partial charge in [0, 0.05) is 36.3 Å². The molecule has 2 aromatic heterocycles. The van der Waals surface area contributed by atoms with Crippen molar-refractivity contribution in [2.75, 3.05) is 19.7 Å². The summed E-state index contributed by atoms with van der Waals surface area (Å²) in [5, 5.41) is 5.43. The third kappa shape index (κ3) is 3.90. The van der Waals surface area contributed by atoms with Gasteiger partial charge < -0.3 is 14.1 Å². The average Bonchev–Trinajstić information content (AvgIpc) is 3.31. The Balaban J connectivity index is 1.41. The number of nitrogens with zero attached hydrogens (tertiary/aromatic N) is 3. The molecule has 0 radical (unpaired) electrons. The van der Waals surface area contributed by atoms with Crippen molar-refractivity contribution < 1.29 is 13.9 Å². The molecule has 0 bridgehead atoms. The fourth-order valence-corrected chi connectivity index (χ4v) is 4.01. The van der Waals surface area contributed by atoms with Crippen molar-refractivity contribution in [2.24, 2.45) is 0 Å². The molecule has 7 nitrogen and oxygen atoms in total. The van der Waals surface area contributed by atoms with E-state index in [-0.39, 0.29) is 24.2 Å². The lowest BCUT2D eigenvalue weighted by Gasteiger charge is -2.18. The molecule has 1 aromatic carbocycles.